The summed E-state index contributed by atoms with van der Waals surface area (Å²) in [6, 6.07) is 5.44. The number of hydrogen-bond acceptors (Lipinski definition) is 3. The van der Waals surface area contributed by atoms with Gasteiger partial charge in [0.05, 0.1) is 5.69 Å². The largest absolute Gasteiger partial charge is 0.478 e. The average molecular weight is 246 g/mol. The number of amides is 1. The van der Waals surface area contributed by atoms with Crippen LogP contribution in [0.1, 0.15) is 20.3 Å². The minimum absolute atomic E-state index is 0.0501. The highest BCUT2D eigenvalue weighted by atomic mass is 16.5. The molecule has 1 unspecified atom stereocenters. The van der Waals surface area contributed by atoms with Crippen molar-refractivity contribution in [3.8, 4) is 5.75 Å². The van der Waals surface area contributed by atoms with Gasteiger partial charge in [-0.2, -0.15) is 0 Å². The van der Waals surface area contributed by atoms with Gasteiger partial charge in [-0.3, -0.25) is 9.69 Å². The van der Waals surface area contributed by atoms with Crippen LogP contribution in [0.5, 0.6) is 5.75 Å². The summed E-state index contributed by atoms with van der Waals surface area (Å²) < 4.78 is 5.69. The van der Waals surface area contributed by atoms with Crippen molar-refractivity contribution in [1.29, 1.82) is 0 Å². The van der Waals surface area contributed by atoms with Gasteiger partial charge in [0.15, 0.2) is 6.10 Å². The average Bonchev–Trinajstić information content (AvgIpc) is 2.32. The van der Waals surface area contributed by atoms with Gasteiger partial charge in [0.2, 0.25) is 0 Å². The van der Waals surface area contributed by atoms with Crippen molar-refractivity contribution in [2.45, 2.75) is 26.4 Å². The second-order valence-corrected chi connectivity index (χ2v) is 4.59. The van der Waals surface area contributed by atoms with Crippen LogP contribution in [0, 0.1) is 0 Å². The highest BCUT2D eigenvalue weighted by molar-refractivity contribution is 6.03. The topological polar surface area (TPSA) is 55.6 Å². The second-order valence-electron chi connectivity index (χ2n) is 4.59. The number of hydrogen-bond donors (Lipinski definition) is 1. The third kappa shape index (κ3) is 2.06. The second kappa shape index (κ2) is 4.72. The Hall–Kier alpha value is -1.97. The van der Waals surface area contributed by atoms with E-state index in [0.717, 1.165) is 5.57 Å². The Labute approximate surface area is 107 Å². The van der Waals surface area contributed by atoms with Crippen LogP contribution in [0.25, 0.3) is 0 Å². The molecule has 0 bridgehead atoms. The molecule has 2 N–H and O–H groups in total. The molecular formula is C14H18N2O2. The zero-order chi connectivity index (χ0) is 13.3. The van der Waals surface area contributed by atoms with Crippen LogP contribution in [0.3, 0.4) is 0 Å². The van der Waals surface area contributed by atoms with E-state index in [2.05, 4.69) is 6.58 Å². The van der Waals surface area contributed by atoms with Crippen LogP contribution < -0.4 is 15.4 Å². The van der Waals surface area contributed by atoms with Gasteiger partial charge in [-0.1, -0.05) is 25.1 Å². The fourth-order valence-electron chi connectivity index (χ4n) is 2.10. The predicted octanol–water partition coefficient (Wildman–Crippen LogP) is 2.35. The van der Waals surface area contributed by atoms with Gasteiger partial charge in [-0.05, 0) is 25.5 Å². The number of para-hydroxylation sites is 1. The highest BCUT2D eigenvalue weighted by Crippen LogP contribution is 2.39. The number of nitrogens with two attached hydrogens (primary N) is 1. The van der Waals surface area contributed by atoms with E-state index < -0.39 is 6.10 Å². The smallest absolute Gasteiger partial charge is 0.268 e. The zero-order valence-electron chi connectivity index (χ0n) is 10.8. The Morgan fingerprint density at radius 3 is 2.89 bits per heavy atom. The Morgan fingerprint density at radius 1 is 1.56 bits per heavy atom. The summed E-state index contributed by atoms with van der Waals surface area (Å²) in [5, 5.41) is 0. The molecule has 0 aliphatic carbocycles. The number of benzene rings is 1. The number of nitrogens with zero attached hydrogens (tertiary/aromatic N) is 1. The van der Waals surface area contributed by atoms with E-state index in [1.165, 1.54) is 0 Å². The summed E-state index contributed by atoms with van der Waals surface area (Å²) in [6.07, 6.45) is 0.207. The number of carbonyl (C=O) groups is 1. The Balaban J connectivity index is 2.49. The van der Waals surface area contributed by atoms with Gasteiger partial charge in [0, 0.05) is 6.54 Å². The number of nitrogen functional groups attached to an aromatic ring is 1. The maximum absolute atomic E-state index is 12.3. The van der Waals surface area contributed by atoms with Gasteiger partial charge in [0.1, 0.15) is 11.4 Å². The number of anilines is 2. The molecule has 0 radical (unpaired) electrons. The van der Waals surface area contributed by atoms with E-state index in [-0.39, 0.29) is 5.91 Å². The first-order valence-electron chi connectivity index (χ1n) is 6.05. The minimum Gasteiger partial charge on any atom is -0.478 e. The number of fused-ring (bicyclic) bond motifs is 1. The minimum atomic E-state index is -0.432. The molecule has 4 nitrogen and oxygen atoms in total. The molecule has 0 spiro atoms. The molecule has 2 rings (SSSR count). The molecule has 0 aromatic heterocycles. The Bertz CT molecular complexity index is 497. The summed E-state index contributed by atoms with van der Waals surface area (Å²) in [6.45, 7) is 8.15. The summed E-state index contributed by atoms with van der Waals surface area (Å²) >= 11 is 0. The molecule has 1 aliphatic rings. The molecule has 18 heavy (non-hydrogen) atoms. The van der Waals surface area contributed by atoms with Gasteiger partial charge in [-0.25, -0.2) is 0 Å². The maximum atomic E-state index is 12.3. The fourth-order valence-corrected chi connectivity index (χ4v) is 2.10. The van der Waals surface area contributed by atoms with Crippen LogP contribution in [0.2, 0.25) is 0 Å². The molecule has 0 fully saturated rings. The van der Waals surface area contributed by atoms with Gasteiger partial charge >= 0.3 is 0 Å². The van der Waals surface area contributed by atoms with E-state index in [1.807, 2.05) is 26.0 Å². The fraction of sp³-hybridized carbons (Fsp3) is 0.357. The van der Waals surface area contributed by atoms with Crippen molar-refractivity contribution < 1.29 is 9.53 Å². The summed E-state index contributed by atoms with van der Waals surface area (Å²) in [5.41, 5.74) is 8.08. The lowest BCUT2D eigenvalue weighted by Crippen LogP contribution is -2.46. The molecular weight excluding hydrogens is 228 g/mol. The molecule has 1 amide bonds. The van der Waals surface area contributed by atoms with Crippen molar-refractivity contribution in [3.63, 3.8) is 0 Å². The highest BCUT2D eigenvalue weighted by Gasteiger charge is 2.34. The van der Waals surface area contributed by atoms with Crippen molar-refractivity contribution in [1.82, 2.24) is 0 Å². The van der Waals surface area contributed by atoms with Crippen LogP contribution in [-0.2, 0) is 4.79 Å². The molecule has 0 saturated heterocycles. The quantitative estimate of drug-likeness (QED) is 0.658. The molecule has 1 aromatic rings. The SMILES string of the molecule is C=C(C)CN1C(=O)C(CC)Oc2cccc(N)c21. The number of carbonyl (C=O) groups excluding carboxylic acids is 1. The first-order valence-corrected chi connectivity index (χ1v) is 6.05. The van der Waals surface area contributed by atoms with Crippen molar-refractivity contribution in [2.24, 2.45) is 0 Å². The molecule has 4 heteroatoms. The standard InChI is InChI=1S/C14H18N2O2/c1-4-11-14(17)16(8-9(2)3)13-10(15)6-5-7-12(13)18-11/h5-7,11H,2,4,8,15H2,1,3H3. The van der Waals surface area contributed by atoms with Gasteiger partial charge in [-0.15, -0.1) is 0 Å². The van der Waals surface area contributed by atoms with Crippen LogP contribution in [0.4, 0.5) is 11.4 Å². The summed E-state index contributed by atoms with van der Waals surface area (Å²) in [5.74, 6) is 0.619. The first-order chi connectivity index (χ1) is 8.54. The molecule has 1 atom stereocenters. The lowest BCUT2D eigenvalue weighted by atomic mass is 10.1. The Kier molecular flexibility index (Phi) is 3.28. The number of ether oxygens (including phenoxy) is 1. The lowest BCUT2D eigenvalue weighted by Gasteiger charge is -2.35. The molecule has 96 valence electrons. The van der Waals surface area contributed by atoms with Crippen molar-refractivity contribution in [3.05, 3.63) is 30.4 Å². The molecule has 1 heterocycles. The summed E-state index contributed by atoms with van der Waals surface area (Å²) in [7, 11) is 0. The maximum Gasteiger partial charge on any atom is 0.268 e. The van der Waals surface area contributed by atoms with Gasteiger partial charge in [0.25, 0.3) is 5.91 Å². The monoisotopic (exact) mass is 246 g/mol. The van der Waals surface area contributed by atoms with E-state index in [0.29, 0.717) is 30.1 Å². The molecule has 1 aliphatic heterocycles. The lowest BCUT2D eigenvalue weighted by molar-refractivity contribution is -0.126. The van der Waals surface area contributed by atoms with E-state index >= 15 is 0 Å². The van der Waals surface area contributed by atoms with Gasteiger partial charge < -0.3 is 10.5 Å². The first kappa shape index (κ1) is 12.5. The zero-order valence-corrected chi connectivity index (χ0v) is 10.8. The van der Waals surface area contributed by atoms with Crippen LogP contribution >= 0.6 is 0 Å². The van der Waals surface area contributed by atoms with Crippen molar-refractivity contribution >= 4 is 17.3 Å². The third-order valence-electron chi connectivity index (χ3n) is 2.91. The van der Waals surface area contributed by atoms with Crippen molar-refractivity contribution in [2.75, 3.05) is 17.2 Å². The molecule has 1 aromatic carbocycles. The third-order valence-corrected chi connectivity index (χ3v) is 2.91. The van der Waals surface area contributed by atoms with E-state index in [9.17, 15) is 4.79 Å². The predicted molar refractivity (Wildman–Crippen MR) is 72.7 cm³/mol. The Morgan fingerprint density at radius 2 is 2.28 bits per heavy atom. The van der Waals surface area contributed by atoms with Crippen LogP contribution in [-0.4, -0.2) is 18.6 Å². The normalized spacial score (nSPS) is 18.2. The van der Waals surface area contributed by atoms with Crippen LogP contribution in [0.15, 0.2) is 30.4 Å². The molecule has 0 saturated carbocycles. The summed E-state index contributed by atoms with van der Waals surface area (Å²) in [4.78, 5) is 14.0. The van der Waals surface area contributed by atoms with E-state index in [4.69, 9.17) is 10.5 Å². The number of rotatable bonds is 3. The van der Waals surface area contributed by atoms with E-state index in [1.54, 1.807) is 11.0 Å².